The van der Waals surface area contributed by atoms with Gasteiger partial charge in [0.25, 0.3) is 0 Å². The molecule has 0 atom stereocenters. The summed E-state index contributed by atoms with van der Waals surface area (Å²) in [5.41, 5.74) is 0. The van der Waals surface area contributed by atoms with Crippen molar-refractivity contribution in [3.8, 4) is 0 Å². The van der Waals surface area contributed by atoms with Gasteiger partial charge in [0.15, 0.2) is 5.15 Å². The summed E-state index contributed by atoms with van der Waals surface area (Å²) < 4.78 is 21.6. The second kappa shape index (κ2) is 3.18. The first-order chi connectivity index (χ1) is 5.41. The van der Waals surface area contributed by atoms with E-state index in [9.17, 15) is 8.42 Å². The highest BCUT2D eigenvalue weighted by atomic mass is 35.5. The Hall–Kier alpha value is -0.360. The molecule has 0 aliphatic carbocycles. The van der Waals surface area contributed by atoms with E-state index in [1.54, 1.807) is 0 Å². The minimum atomic E-state index is -3.80. The molecule has 0 bridgehead atoms. The molecule has 12 heavy (non-hydrogen) atoms. The largest absolute Gasteiger partial charge is 0.241 e. The molecule has 0 fully saturated rings. The van der Waals surface area contributed by atoms with E-state index in [1.165, 1.54) is 12.1 Å². The van der Waals surface area contributed by atoms with Gasteiger partial charge < -0.3 is 0 Å². The van der Waals surface area contributed by atoms with Crippen molar-refractivity contribution in [3.63, 3.8) is 0 Å². The van der Waals surface area contributed by atoms with Crippen LogP contribution in [0.15, 0.2) is 17.0 Å². The Bertz CT molecular complexity index is 404. The maximum absolute atomic E-state index is 10.8. The van der Waals surface area contributed by atoms with Gasteiger partial charge in [-0.25, -0.2) is 18.5 Å². The highest BCUT2D eigenvalue weighted by Gasteiger charge is 2.13. The van der Waals surface area contributed by atoms with Gasteiger partial charge in [-0.2, -0.15) is 0 Å². The fourth-order valence-electron chi connectivity index (χ4n) is 0.612. The zero-order valence-electron chi connectivity index (χ0n) is 5.66. The van der Waals surface area contributed by atoms with E-state index in [-0.39, 0.29) is 15.2 Å². The topological polar surface area (TPSA) is 73.1 Å². The van der Waals surface area contributed by atoms with Gasteiger partial charge in [-0.1, -0.05) is 23.2 Å². The van der Waals surface area contributed by atoms with Gasteiger partial charge in [0.05, 0.1) is 0 Å². The van der Waals surface area contributed by atoms with Crippen LogP contribution in [0.2, 0.25) is 10.3 Å². The molecular formula is C5H4Cl2N2O2S. The smallest absolute Gasteiger partial charge is 0.225 e. The second-order valence-electron chi connectivity index (χ2n) is 1.97. The molecule has 7 heteroatoms. The minimum absolute atomic E-state index is 0.118. The van der Waals surface area contributed by atoms with Gasteiger partial charge in [-0.15, -0.1) is 0 Å². The van der Waals surface area contributed by atoms with Crippen LogP contribution in [0.1, 0.15) is 0 Å². The Morgan fingerprint density at radius 3 is 2.33 bits per heavy atom. The molecule has 66 valence electrons. The molecule has 0 saturated heterocycles. The van der Waals surface area contributed by atoms with Crippen molar-refractivity contribution in [3.05, 3.63) is 22.4 Å². The zero-order chi connectivity index (χ0) is 9.35. The molecule has 0 amide bonds. The Morgan fingerprint density at radius 1 is 1.33 bits per heavy atom. The lowest BCUT2D eigenvalue weighted by Crippen LogP contribution is -2.13. The van der Waals surface area contributed by atoms with Gasteiger partial charge in [0.2, 0.25) is 10.0 Å². The fraction of sp³-hybridized carbons (Fsp3) is 0. The summed E-state index contributed by atoms with van der Waals surface area (Å²) in [5.74, 6) is 0. The molecule has 0 radical (unpaired) electrons. The SMILES string of the molecule is NS(=O)(=O)c1ccc(Cl)nc1Cl. The molecule has 1 rings (SSSR count). The lowest BCUT2D eigenvalue weighted by molar-refractivity contribution is 0.597. The van der Waals surface area contributed by atoms with Gasteiger partial charge in [0.1, 0.15) is 10.0 Å². The van der Waals surface area contributed by atoms with E-state index in [2.05, 4.69) is 4.98 Å². The van der Waals surface area contributed by atoms with Crippen LogP contribution in [0.4, 0.5) is 0 Å². The van der Waals surface area contributed by atoms with Crippen LogP contribution < -0.4 is 5.14 Å². The molecule has 0 spiro atoms. The first-order valence-electron chi connectivity index (χ1n) is 2.76. The number of halogens is 2. The number of hydrogen-bond acceptors (Lipinski definition) is 3. The lowest BCUT2D eigenvalue weighted by atomic mass is 10.5. The van der Waals surface area contributed by atoms with Crippen molar-refractivity contribution >= 4 is 33.2 Å². The van der Waals surface area contributed by atoms with E-state index in [0.717, 1.165) is 0 Å². The molecule has 0 aliphatic rings. The number of aromatic nitrogens is 1. The summed E-state index contributed by atoms with van der Waals surface area (Å²) in [4.78, 5) is 3.28. The van der Waals surface area contributed by atoms with Crippen LogP contribution in [0.3, 0.4) is 0 Å². The molecular weight excluding hydrogens is 223 g/mol. The molecule has 0 saturated carbocycles. The van der Waals surface area contributed by atoms with Crippen molar-refractivity contribution in [2.24, 2.45) is 5.14 Å². The van der Waals surface area contributed by atoms with E-state index in [4.69, 9.17) is 28.3 Å². The summed E-state index contributed by atoms with van der Waals surface area (Å²) in [5, 5.41) is 4.71. The third kappa shape index (κ3) is 2.07. The average molecular weight is 227 g/mol. The third-order valence-corrected chi connectivity index (χ3v) is 2.64. The van der Waals surface area contributed by atoms with E-state index in [1.807, 2.05) is 0 Å². The molecule has 1 aromatic rings. The predicted octanol–water partition coefficient (Wildman–Crippen LogP) is 1.04. The molecule has 0 aromatic carbocycles. The summed E-state index contributed by atoms with van der Waals surface area (Å²) in [7, 11) is -3.80. The van der Waals surface area contributed by atoms with Crippen LogP contribution >= 0.6 is 23.2 Å². The van der Waals surface area contributed by atoms with Crippen LogP contribution in [0, 0.1) is 0 Å². The van der Waals surface area contributed by atoms with Crippen LogP contribution in [0.25, 0.3) is 0 Å². The molecule has 4 nitrogen and oxygen atoms in total. The van der Waals surface area contributed by atoms with Crippen molar-refractivity contribution in [2.75, 3.05) is 0 Å². The zero-order valence-corrected chi connectivity index (χ0v) is 7.99. The van der Waals surface area contributed by atoms with E-state index in [0.29, 0.717) is 0 Å². The number of nitrogens with zero attached hydrogens (tertiary/aromatic N) is 1. The van der Waals surface area contributed by atoms with E-state index >= 15 is 0 Å². The maximum Gasteiger partial charge on any atom is 0.241 e. The highest BCUT2D eigenvalue weighted by Crippen LogP contribution is 2.19. The Labute approximate surface area is 79.4 Å². The Balaban J connectivity index is 3.39. The number of pyridine rings is 1. The number of nitrogens with two attached hydrogens (primary N) is 1. The molecule has 0 aliphatic heterocycles. The van der Waals surface area contributed by atoms with Crippen molar-refractivity contribution < 1.29 is 8.42 Å². The molecule has 1 aromatic heterocycles. The van der Waals surface area contributed by atoms with Crippen LogP contribution in [-0.2, 0) is 10.0 Å². The van der Waals surface area contributed by atoms with Gasteiger partial charge in [0, 0.05) is 0 Å². The normalized spacial score (nSPS) is 11.6. The quantitative estimate of drug-likeness (QED) is 0.728. The van der Waals surface area contributed by atoms with Gasteiger partial charge >= 0.3 is 0 Å². The predicted molar refractivity (Wildman–Crippen MR) is 45.6 cm³/mol. The number of primary sulfonamides is 1. The average Bonchev–Trinajstić information content (AvgIpc) is 1.83. The Morgan fingerprint density at radius 2 is 1.92 bits per heavy atom. The first kappa shape index (κ1) is 9.73. The van der Waals surface area contributed by atoms with E-state index < -0.39 is 10.0 Å². The van der Waals surface area contributed by atoms with Gasteiger partial charge in [-0.3, -0.25) is 0 Å². The standard InChI is InChI=1S/C5H4Cl2N2O2S/c6-4-2-1-3(5(7)9-4)12(8,10)11/h1-2H,(H2,8,10,11). The van der Waals surface area contributed by atoms with Crippen LogP contribution in [-0.4, -0.2) is 13.4 Å². The molecule has 2 N–H and O–H groups in total. The van der Waals surface area contributed by atoms with Gasteiger partial charge in [-0.05, 0) is 12.1 Å². The van der Waals surface area contributed by atoms with Crippen molar-refractivity contribution in [2.45, 2.75) is 4.90 Å². The Kier molecular flexibility index (Phi) is 2.58. The molecule has 0 unspecified atom stereocenters. The summed E-state index contributed by atoms with van der Waals surface area (Å²) in [6, 6.07) is 2.50. The number of sulfonamides is 1. The third-order valence-electron chi connectivity index (χ3n) is 1.09. The minimum Gasteiger partial charge on any atom is -0.225 e. The summed E-state index contributed by atoms with van der Waals surface area (Å²) in [6.07, 6.45) is 0. The van der Waals surface area contributed by atoms with Crippen molar-refractivity contribution in [1.82, 2.24) is 4.98 Å². The lowest BCUT2D eigenvalue weighted by Gasteiger charge is -1.99. The molecule has 1 heterocycles. The summed E-state index contributed by atoms with van der Waals surface area (Å²) in [6.45, 7) is 0. The fourth-order valence-corrected chi connectivity index (χ4v) is 1.82. The number of rotatable bonds is 1. The van der Waals surface area contributed by atoms with Crippen LogP contribution in [0.5, 0.6) is 0 Å². The monoisotopic (exact) mass is 226 g/mol. The summed E-state index contributed by atoms with van der Waals surface area (Å²) >= 11 is 10.9. The highest BCUT2D eigenvalue weighted by molar-refractivity contribution is 7.89. The number of hydrogen-bond donors (Lipinski definition) is 1. The van der Waals surface area contributed by atoms with Crippen molar-refractivity contribution in [1.29, 1.82) is 0 Å². The maximum atomic E-state index is 10.8. The first-order valence-corrected chi connectivity index (χ1v) is 5.06. The second-order valence-corrected chi connectivity index (χ2v) is 4.24.